The van der Waals surface area contributed by atoms with Gasteiger partial charge in [-0.2, -0.15) is 0 Å². The highest BCUT2D eigenvalue weighted by molar-refractivity contribution is 5.58. The minimum absolute atomic E-state index is 0.141. The van der Waals surface area contributed by atoms with Gasteiger partial charge in [-0.15, -0.1) is 0 Å². The number of benzene rings is 2. The number of unbranched alkanes of at least 4 members (excludes halogenated alkanes) is 1. The van der Waals surface area contributed by atoms with Crippen molar-refractivity contribution in [2.24, 2.45) is 0 Å². The number of hydrogen-bond donors (Lipinski definition) is 0. The van der Waals surface area contributed by atoms with E-state index in [2.05, 4.69) is 34.1 Å². The van der Waals surface area contributed by atoms with Crippen LogP contribution in [0.25, 0.3) is 0 Å². The Balaban J connectivity index is 1.18. The summed E-state index contributed by atoms with van der Waals surface area (Å²) in [4.78, 5) is 5.28. The molecule has 0 unspecified atom stereocenters. The van der Waals surface area contributed by atoms with E-state index in [-0.39, 0.29) is 5.82 Å². The number of fused-ring (bicyclic) bond motifs is 1. The maximum atomic E-state index is 12.9. The maximum absolute atomic E-state index is 12.9. The fourth-order valence-electron chi connectivity index (χ4n) is 4.51. The Bertz CT molecular complexity index is 704. The molecule has 2 aliphatic heterocycles. The van der Waals surface area contributed by atoms with Crippen molar-refractivity contribution >= 4 is 5.69 Å². The van der Waals surface area contributed by atoms with E-state index >= 15 is 0 Å². The summed E-state index contributed by atoms with van der Waals surface area (Å²) in [5, 5.41) is 0. The van der Waals surface area contributed by atoms with Gasteiger partial charge in [0.1, 0.15) is 5.82 Å². The normalized spacial score (nSPS) is 18.3. The van der Waals surface area contributed by atoms with Crippen molar-refractivity contribution in [2.45, 2.75) is 44.6 Å². The van der Waals surface area contributed by atoms with Crippen LogP contribution in [0.2, 0.25) is 0 Å². The minimum atomic E-state index is -0.141. The van der Waals surface area contributed by atoms with E-state index in [4.69, 9.17) is 0 Å². The average molecular weight is 352 g/mol. The number of hydrogen-bond acceptors (Lipinski definition) is 2. The molecule has 138 valence electrons. The van der Waals surface area contributed by atoms with E-state index in [0.717, 1.165) is 6.42 Å². The Morgan fingerprint density at radius 3 is 2.46 bits per heavy atom. The first-order chi connectivity index (χ1) is 12.8. The summed E-state index contributed by atoms with van der Waals surface area (Å²) in [6.07, 6.45) is 7.25. The number of rotatable bonds is 6. The van der Waals surface area contributed by atoms with E-state index < -0.39 is 0 Å². The number of likely N-dealkylation sites (tertiary alicyclic amines) is 1. The molecule has 0 spiro atoms. The van der Waals surface area contributed by atoms with Gasteiger partial charge in [-0.3, -0.25) is 0 Å². The molecule has 0 amide bonds. The molecule has 0 radical (unpaired) electrons. The molecule has 0 N–H and O–H groups in total. The smallest absolute Gasteiger partial charge is 0.123 e. The van der Waals surface area contributed by atoms with E-state index in [1.54, 1.807) is 12.1 Å². The molecule has 2 aromatic carbocycles. The zero-order valence-corrected chi connectivity index (χ0v) is 15.5. The standard InChI is InChI=1S/C23H29FN2/c24-21-10-8-19(9-11-21)5-3-4-15-25-16-13-22(14-17-25)26-18-12-20-6-1-2-7-23(20)26/h1-2,6-11,22H,3-5,12-18H2. The number of halogens is 1. The summed E-state index contributed by atoms with van der Waals surface area (Å²) in [6, 6.07) is 16.6. The largest absolute Gasteiger partial charge is 0.368 e. The molecule has 2 nitrogen and oxygen atoms in total. The highest BCUT2D eigenvalue weighted by Gasteiger charge is 2.28. The number of aryl methyl sites for hydroxylation is 1. The molecule has 2 aliphatic rings. The lowest BCUT2D eigenvalue weighted by atomic mass is 10.0. The predicted octanol–water partition coefficient (Wildman–Crippen LogP) is 4.68. The van der Waals surface area contributed by atoms with Gasteiger partial charge in [0.2, 0.25) is 0 Å². The molecule has 26 heavy (non-hydrogen) atoms. The second-order valence-electron chi connectivity index (χ2n) is 7.73. The summed E-state index contributed by atoms with van der Waals surface area (Å²) in [7, 11) is 0. The number of nitrogens with zero attached hydrogens (tertiary/aromatic N) is 2. The molecule has 0 aliphatic carbocycles. The Kier molecular flexibility index (Phi) is 5.54. The van der Waals surface area contributed by atoms with Crippen LogP contribution in [0.3, 0.4) is 0 Å². The lowest BCUT2D eigenvalue weighted by Crippen LogP contribution is -2.44. The first-order valence-electron chi connectivity index (χ1n) is 10.1. The second-order valence-corrected chi connectivity index (χ2v) is 7.73. The third-order valence-electron chi connectivity index (χ3n) is 6.02. The molecule has 0 atom stereocenters. The van der Waals surface area contributed by atoms with Crippen molar-refractivity contribution in [1.29, 1.82) is 0 Å². The molecule has 0 saturated carbocycles. The summed E-state index contributed by atoms with van der Waals surface area (Å²) in [5.41, 5.74) is 4.25. The zero-order valence-electron chi connectivity index (χ0n) is 15.5. The van der Waals surface area contributed by atoms with Gasteiger partial charge < -0.3 is 9.80 Å². The Morgan fingerprint density at radius 2 is 1.65 bits per heavy atom. The Morgan fingerprint density at radius 1 is 0.885 bits per heavy atom. The highest BCUT2D eigenvalue weighted by atomic mass is 19.1. The highest BCUT2D eigenvalue weighted by Crippen LogP contribution is 2.32. The summed E-state index contributed by atoms with van der Waals surface area (Å²) < 4.78 is 12.9. The van der Waals surface area contributed by atoms with Crippen LogP contribution < -0.4 is 4.90 Å². The number of piperidine rings is 1. The van der Waals surface area contributed by atoms with Gasteiger partial charge in [-0.05, 0) is 74.4 Å². The molecule has 4 rings (SSSR count). The topological polar surface area (TPSA) is 6.48 Å². The Labute approximate surface area is 156 Å². The van der Waals surface area contributed by atoms with Crippen LogP contribution >= 0.6 is 0 Å². The summed E-state index contributed by atoms with van der Waals surface area (Å²) in [6.45, 7) is 4.84. The minimum Gasteiger partial charge on any atom is -0.368 e. The van der Waals surface area contributed by atoms with Crippen LogP contribution in [0.5, 0.6) is 0 Å². The summed E-state index contributed by atoms with van der Waals surface area (Å²) in [5.74, 6) is -0.141. The zero-order chi connectivity index (χ0) is 17.8. The maximum Gasteiger partial charge on any atom is 0.123 e. The van der Waals surface area contributed by atoms with Gasteiger partial charge in [0.15, 0.2) is 0 Å². The van der Waals surface area contributed by atoms with E-state index in [0.29, 0.717) is 6.04 Å². The van der Waals surface area contributed by atoms with Crippen molar-refractivity contribution in [3.05, 3.63) is 65.5 Å². The van der Waals surface area contributed by atoms with Crippen LogP contribution in [0, 0.1) is 5.82 Å². The van der Waals surface area contributed by atoms with Crippen molar-refractivity contribution in [1.82, 2.24) is 4.90 Å². The van der Waals surface area contributed by atoms with E-state index in [1.807, 2.05) is 12.1 Å². The van der Waals surface area contributed by atoms with Gasteiger partial charge in [0, 0.05) is 31.4 Å². The Hall–Kier alpha value is -1.87. The molecular formula is C23H29FN2. The summed E-state index contributed by atoms with van der Waals surface area (Å²) >= 11 is 0. The van der Waals surface area contributed by atoms with Crippen LogP contribution in [-0.2, 0) is 12.8 Å². The molecule has 2 aromatic rings. The molecule has 2 heterocycles. The van der Waals surface area contributed by atoms with E-state index in [9.17, 15) is 4.39 Å². The van der Waals surface area contributed by atoms with Gasteiger partial charge in [0.05, 0.1) is 0 Å². The lowest BCUT2D eigenvalue weighted by Gasteiger charge is -2.38. The van der Waals surface area contributed by atoms with E-state index in [1.165, 1.54) is 75.1 Å². The van der Waals surface area contributed by atoms with Crippen molar-refractivity contribution in [3.63, 3.8) is 0 Å². The monoisotopic (exact) mass is 352 g/mol. The molecule has 1 saturated heterocycles. The van der Waals surface area contributed by atoms with Crippen molar-refractivity contribution in [3.8, 4) is 0 Å². The SMILES string of the molecule is Fc1ccc(CCCCN2CCC(N3CCc4ccccc43)CC2)cc1. The van der Waals surface area contributed by atoms with Crippen LogP contribution in [0.4, 0.5) is 10.1 Å². The molecular weight excluding hydrogens is 323 g/mol. The van der Waals surface area contributed by atoms with Gasteiger partial charge in [-0.1, -0.05) is 30.3 Å². The first kappa shape index (κ1) is 17.5. The van der Waals surface area contributed by atoms with Crippen LogP contribution in [-0.4, -0.2) is 37.1 Å². The third-order valence-corrected chi connectivity index (χ3v) is 6.02. The van der Waals surface area contributed by atoms with Crippen LogP contribution in [0.1, 0.15) is 36.8 Å². The van der Waals surface area contributed by atoms with Gasteiger partial charge in [0.25, 0.3) is 0 Å². The molecule has 0 bridgehead atoms. The first-order valence-corrected chi connectivity index (χ1v) is 10.1. The van der Waals surface area contributed by atoms with Crippen molar-refractivity contribution < 1.29 is 4.39 Å². The second kappa shape index (κ2) is 8.22. The fraction of sp³-hybridized carbons (Fsp3) is 0.478. The lowest BCUT2D eigenvalue weighted by molar-refractivity contribution is 0.206. The molecule has 3 heteroatoms. The van der Waals surface area contributed by atoms with Gasteiger partial charge in [-0.25, -0.2) is 4.39 Å². The predicted molar refractivity (Wildman–Crippen MR) is 106 cm³/mol. The van der Waals surface area contributed by atoms with Gasteiger partial charge >= 0.3 is 0 Å². The number of para-hydroxylation sites is 1. The average Bonchev–Trinajstić information content (AvgIpc) is 3.11. The number of anilines is 1. The molecule has 1 fully saturated rings. The fourth-order valence-corrected chi connectivity index (χ4v) is 4.51. The third kappa shape index (κ3) is 4.09. The van der Waals surface area contributed by atoms with Crippen LogP contribution in [0.15, 0.2) is 48.5 Å². The van der Waals surface area contributed by atoms with Crippen molar-refractivity contribution in [2.75, 3.05) is 31.1 Å². The molecule has 0 aromatic heterocycles. The quantitative estimate of drug-likeness (QED) is 0.697.